The summed E-state index contributed by atoms with van der Waals surface area (Å²) < 4.78 is 79.5. The second-order valence-corrected chi connectivity index (χ2v) is 13.7. The van der Waals surface area contributed by atoms with Crippen LogP contribution >= 0.6 is 0 Å². The molecule has 284 valence electrons. The molecule has 0 amide bonds. The zero-order valence-corrected chi connectivity index (χ0v) is 30.3. The van der Waals surface area contributed by atoms with Gasteiger partial charge in [-0.1, -0.05) is 55.5 Å². The first-order chi connectivity index (χ1) is 28.1. The lowest BCUT2D eigenvalue weighted by atomic mass is 9.96. The van der Waals surface area contributed by atoms with Gasteiger partial charge >= 0.3 is 12.4 Å². The molecule has 59 heavy (non-hydrogen) atoms. The van der Waals surface area contributed by atoms with Gasteiger partial charge in [0, 0.05) is 22.6 Å². The number of halogens is 6. The Morgan fingerprint density at radius 2 is 1.05 bits per heavy atom. The molecule has 1 unspecified atom stereocenters. The molecule has 0 saturated carbocycles. The van der Waals surface area contributed by atoms with Crippen molar-refractivity contribution in [2.45, 2.75) is 25.2 Å². The molecule has 0 radical (unpaired) electrons. The molecule has 14 heteroatoms. The summed E-state index contributed by atoms with van der Waals surface area (Å²) in [4.78, 5) is 14.5. The van der Waals surface area contributed by atoms with Crippen molar-refractivity contribution in [3.63, 3.8) is 0 Å². The van der Waals surface area contributed by atoms with Gasteiger partial charge in [-0.2, -0.15) is 47.4 Å². The Morgan fingerprint density at radius 3 is 1.59 bits per heavy atom. The van der Waals surface area contributed by atoms with E-state index in [1.54, 1.807) is 42.5 Å². The van der Waals surface area contributed by atoms with E-state index in [9.17, 15) is 47.4 Å². The number of nitriles is 4. The highest BCUT2D eigenvalue weighted by atomic mass is 19.4. The monoisotopic (exact) mass is 788 g/mol. The van der Waals surface area contributed by atoms with E-state index in [-0.39, 0.29) is 39.4 Å². The van der Waals surface area contributed by atoms with E-state index in [4.69, 9.17) is 20.7 Å². The number of fused-ring (bicyclic) bond motifs is 5. The zero-order valence-electron chi connectivity index (χ0n) is 30.3. The normalized spacial score (nSPS) is 14.8. The zero-order chi connectivity index (χ0) is 42.0. The molecule has 0 bridgehead atoms. The molecule has 1 aromatic heterocycles. The molecule has 0 saturated heterocycles. The quantitative estimate of drug-likeness (QED) is 0.106. The van der Waals surface area contributed by atoms with Gasteiger partial charge in [-0.25, -0.2) is 15.0 Å². The number of benzene rings is 5. The number of nitrogens with zero attached hydrogens (tertiary/aromatic N) is 7. The van der Waals surface area contributed by atoms with Crippen molar-refractivity contribution in [2.24, 2.45) is 4.99 Å². The second kappa shape index (κ2) is 13.8. The van der Waals surface area contributed by atoms with Crippen molar-refractivity contribution in [1.29, 1.82) is 21.0 Å². The number of nitrogen functional groups attached to an aromatic ring is 1. The van der Waals surface area contributed by atoms with E-state index >= 15 is 0 Å². The fraction of sp³-hybridized carbons (Fsp3) is 0.0889. The molecule has 2 aliphatic rings. The first-order valence-electron chi connectivity index (χ1n) is 17.6. The van der Waals surface area contributed by atoms with Crippen LogP contribution in [-0.2, 0) is 12.4 Å². The summed E-state index contributed by atoms with van der Waals surface area (Å²) in [5, 5.41) is 40.0. The Morgan fingerprint density at radius 1 is 0.576 bits per heavy atom. The van der Waals surface area contributed by atoms with E-state index in [1.807, 2.05) is 31.2 Å². The molecule has 8 rings (SSSR count). The minimum atomic E-state index is -4.52. The highest BCUT2D eigenvalue weighted by Gasteiger charge is 2.35. The van der Waals surface area contributed by atoms with Gasteiger partial charge in [0.2, 0.25) is 0 Å². The number of aromatic nitrogens is 2. The Bertz CT molecular complexity index is 3040. The average molecular weight is 789 g/mol. The van der Waals surface area contributed by atoms with Crippen LogP contribution in [0.2, 0.25) is 0 Å². The van der Waals surface area contributed by atoms with E-state index in [0.717, 1.165) is 29.8 Å². The van der Waals surface area contributed by atoms with Gasteiger partial charge in [0.25, 0.3) is 0 Å². The molecule has 8 nitrogen and oxygen atoms in total. The minimum absolute atomic E-state index is 0.147. The SMILES string of the molecule is CC1C(=Nc2cc3nc4c(nc3cc2N)C(=C(C#N)C#N)c2cc(-c3ccc(C(F)(F)F)cc3)ccc2-4)C(=C(C#N)C#N)c2cc(-c3ccc(C(F)(F)F)cc3)ccc21. The van der Waals surface area contributed by atoms with Crippen molar-refractivity contribution in [1.82, 2.24) is 9.97 Å². The molecule has 0 spiro atoms. The van der Waals surface area contributed by atoms with Crippen molar-refractivity contribution in [3.8, 4) is 57.8 Å². The van der Waals surface area contributed by atoms with Crippen LogP contribution < -0.4 is 5.73 Å². The van der Waals surface area contributed by atoms with Gasteiger partial charge in [0.1, 0.15) is 35.4 Å². The molecule has 5 aromatic carbocycles. The third-order valence-electron chi connectivity index (χ3n) is 10.3. The van der Waals surface area contributed by atoms with Crippen molar-refractivity contribution in [2.75, 3.05) is 5.73 Å². The number of allylic oxidation sites excluding steroid dienone is 3. The lowest BCUT2D eigenvalue weighted by molar-refractivity contribution is -0.138. The topological polar surface area (TPSA) is 159 Å². The predicted octanol–water partition coefficient (Wildman–Crippen LogP) is 11.1. The largest absolute Gasteiger partial charge is 0.416 e. The summed E-state index contributed by atoms with van der Waals surface area (Å²) in [5.74, 6) is -0.451. The van der Waals surface area contributed by atoms with Gasteiger partial charge in [-0.15, -0.1) is 0 Å². The lowest BCUT2D eigenvalue weighted by Gasteiger charge is -2.10. The number of alkyl halides is 6. The molecule has 1 atom stereocenters. The average Bonchev–Trinajstić information content (AvgIpc) is 3.67. The Kier molecular flexibility index (Phi) is 8.88. The van der Waals surface area contributed by atoms with Crippen LogP contribution in [0.4, 0.5) is 37.7 Å². The van der Waals surface area contributed by atoms with Crippen LogP contribution in [0.25, 0.3) is 55.7 Å². The number of aliphatic imine (C=N–C) groups is 1. The maximum absolute atomic E-state index is 13.2. The van der Waals surface area contributed by atoms with Crippen molar-refractivity contribution >= 4 is 39.3 Å². The molecule has 0 fully saturated rings. The second-order valence-electron chi connectivity index (χ2n) is 13.7. The van der Waals surface area contributed by atoms with E-state index in [0.29, 0.717) is 61.4 Å². The first-order valence-corrected chi connectivity index (χ1v) is 17.6. The number of nitrogens with two attached hydrogens (primary N) is 1. The van der Waals surface area contributed by atoms with Gasteiger partial charge in [-0.3, -0.25) is 0 Å². The molecule has 2 aliphatic carbocycles. The van der Waals surface area contributed by atoms with Crippen LogP contribution in [0.15, 0.2) is 113 Å². The van der Waals surface area contributed by atoms with E-state index in [1.165, 1.54) is 30.3 Å². The summed E-state index contributed by atoms with van der Waals surface area (Å²) in [6, 6.07) is 30.4. The number of hydrogen-bond donors (Lipinski definition) is 1. The Balaban J connectivity index is 1.24. The third kappa shape index (κ3) is 6.39. The van der Waals surface area contributed by atoms with Gasteiger partial charge < -0.3 is 5.73 Å². The summed E-state index contributed by atoms with van der Waals surface area (Å²) in [5.41, 5.74) is 11.1. The number of hydrogen-bond acceptors (Lipinski definition) is 8. The maximum atomic E-state index is 13.2. The van der Waals surface area contributed by atoms with Crippen LogP contribution in [-0.4, -0.2) is 15.7 Å². The Hall–Kier alpha value is -8.07. The fourth-order valence-corrected chi connectivity index (χ4v) is 7.44. The highest BCUT2D eigenvalue weighted by Crippen LogP contribution is 2.48. The first kappa shape index (κ1) is 37.8. The molecule has 2 N–H and O–H groups in total. The van der Waals surface area contributed by atoms with E-state index < -0.39 is 29.4 Å². The predicted molar refractivity (Wildman–Crippen MR) is 208 cm³/mol. The van der Waals surface area contributed by atoms with Crippen LogP contribution in [0.3, 0.4) is 0 Å². The molecular formula is C45H22F6N8. The van der Waals surface area contributed by atoms with Crippen LogP contribution in [0, 0.1) is 45.3 Å². The molecule has 6 aromatic rings. The molecular weight excluding hydrogens is 767 g/mol. The lowest BCUT2D eigenvalue weighted by Crippen LogP contribution is -2.04. The molecule has 1 heterocycles. The van der Waals surface area contributed by atoms with Gasteiger partial charge in [0.05, 0.1) is 50.6 Å². The third-order valence-corrected chi connectivity index (χ3v) is 10.3. The molecule has 0 aliphatic heterocycles. The van der Waals surface area contributed by atoms with Crippen molar-refractivity contribution in [3.05, 3.63) is 142 Å². The van der Waals surface area contributed by atoms with E-state index in [2.05, 4.69) is 0 Å². The summed E-state index contributed by atoms with van der Waals surface area (Å²) in [7, 11) is 0. The minimum Gasteiger partial charge on any atom is -0.397 e. The highest BCUT2D eigenvalue weighted by molar-refractivity contribution is 6.33. The van der Waals surface area contributed by atoms with Crippen LogP contribution in [0.5, 0.6) is 0 Å². The number of anilines is 1. The number of rotatable bonds is 3. The van der Waals surface area contributed by atoms with Gasteiger partial charge in [-0.05, 0) is 87.5 Å². The summed E-state index contributed by atoms with van der Waals surface area (Å²) in [6.07, 6.45) is -9.02. The van der Waals surface area contributed by atoms with Crippen LogP contribution in [0.1, 0.15) is 46.4 Å². The Labute approximate surface area is 331 Å². The fourth-order valence-electron chi connectivity index (χ4n) is 7.44. The summed E-state index contributed by atoms with van der Waals surface area (Å²) >= 11 is 0. The van der Waals surface area contributed by atoms with Gasteiger partial charge in [0.15, 0.2) is 0 Å². The summed E-state index contributed by atoms with van der Waals surface area (Å²) in [6.45, 7) is 1.84. The smallest absolute Gasteiger partial charge is 0.397 e. The van der Waals surface area contributed by atoms with Crippen molar-refractivity contribution < 1.29 is 26.3 Å². The standard InChI is InChI=1S/C45H22F6N8/c1-22-31-12-6-25(23-2-8-29(9-3-23)44(46,47)48)14-33(31)39(27(18-52)19-53)41(22)57-36-17-38-37(16-35(36)56)59-43-40(28(20-54)21-55)34-15-26(7-13-32(34)42(43)58-38)24-4-10-30(11-5-24)45(49,50)51/h2-17,22H,56H2,1H3. The maximum Gasteiger partial charge on any atom is 0.416 e.